The van der Waals surface area contributed by atoms with Crippen LogP contribution in [0.25, 0.3) is 0 Å². The first kappa shape index (κ1) is 28.7. The van der Waals surface area contributed by atoms with Crippen molar-refractivity contribution in [2.24, 2.45) is 5.73 Å². The molecule has 1 heterocycles. The van der Waals surface area contributed by atoms with Crippen molar-refractivity contribution < 1.29 is 44.7 Å². The van der Waals surface area contributed by atoms with Crippen LogP contribution in [0.4, 0.5) is 0 Å². The van der Waals surface area contributed by atoms with Crippen molar-refractivity contribution in [2.45, 2.75) is 25.2 Å². The van der Waals surface area contributed by atoms with Gasteiger partial charge in [-0.2, -0.15) is 0 Å². The molecule has 0 aromatic carbocycles. The highest BCUT2D eigenvalue weighted by atomic mass is 16.5. The van der Waals surface area contributed by atoms with Crippen molar-refractivity contribution in [3.05, 3.63) is 0 Å². The monoisotopic (exact) mass is 477 g/mol. The molecule has 14 nitrogen and oxygen atoms in total. The van der Waals surface area contributed by atoms with Gasteiger partial charge in [0.1, 0.15) is 6.04 Å². The van der Waals surface area contributed by atoms with E-state index in [9.17, 15) is 44.7 Å². The number of carbonyl (C=O) groups is 4. The number of carboxylic acids is 3. The molecule has 1 fully saturated rings. The smallest absolute Gasteiger partial charge is 0.320 e. The van der Waals surface area contributed by atoms with Crippen LogP contribution in [-0.2, 0) is 19.2 Å². The summed E-state index contributed by atoms with van der Waals surface area (Å²) in [6, 6.07) is -1.03. The summed E-state index contributed by atoms with van der Waals surface area (Å²) in [5, 5.41) is 47.0. The van der Waals surface area contributed by atoms with Crippen LogP contribution in [0, 0.1) is 0 Å². The third-order valence-corrected chi connectivity index (χ3v) is 5.40. The average Bonchev–Trinajstić information content (AvgIpc) is 2.67. The fourth-order valence-corrected chi connectivity index (χ4v) is 3.72. The quantitative estimate of drug-likeness (QED) is 0.159. The third-order valence-electron chi connectivity index (χ3n) is 5.40. The Morgan fingerprint density at radius 2 is 1.15 bits per heavy atom. The van der Waals surface area contributed by atoms with Gasteiger partial charge in [-0.05, 0) is 6.42 Å². The average molecular weight is 478 g/mol. The Kier molecular flexibility index (Phi) is 12.8. The van der Waals surface area contributed by atoms with Crippen LogP contribution in [0.5, 0.6) is 0 Å². The van der Waals surface area contributed by atoms with Gasteiger partial charge >= 0.3 is 17.9 Å². The van der Waals surface area contributed by atoms with Gasteiger partial charge in [-0.15, -0.1) is 0 Å². The molecule has 14 heteroatoms. The van der Waals surface area contributed by atoms with E-state index in [1.165, 1.54) is 0 Å². The summed E-state index contributed by atoms with van der Waals surface area (Å²) in [5.41, 5.74) is 5.18. The Labute approximate surface area is 191 Å². The highest BCUT2D eigenvalue weighted by molar-refractivity contribution is 5.77. The number of rotatable bonds is 11. The van der Waals surface area contributed by atoms with Crippen LogP contribution in [0.1, 0.15) is 12.8 Å². The predicted octanol–water partition coefficient (Wildman–Crippen LogP) is -3.59. The lowest BCUT2D eigenvalue weighted by atomic mass is 10.1. The van der Waals surface area contributed by atoms with Gasteiger partial charge in [-0.25, -0.2) is 0 Å². The van der Waals surface area contributed by atoms with Crippen LogP contribution >= 0.6 is 0 Å². The number of nitrogens with zero attached hydrogens (tertiary/aromatic N) is 4. The first-order chi connectivity index (χ1) is 15.5. The summed E-state index contributed by atoms with van der Waals surface area (Å²) >= 11 is 0. The number of aliphatic carboxylic acids is 3. The van der Waals surface area contributed by atoms with Gasteiger partial charge in [-0.1, -0.05) is 0 Å². The number of aliphatic hydroxyl groups excluding tert-OH is 1. The van der Waals surface area contributed by atoms with E-state index in [4.69, 9.17) is 5.73 Å². The minimum absolute atomic E-state index is 0.0153. The zero-order chi connectivity index (χ0) is 25.0. The van der Waals surface area contributed by atoms with Crippen LogP contribution in [0.3, 0.4) is 0 Å². The van der Waals surface area contributed by atoms with Crippen LogP contribution in [-0.4, -0.2) is 153 Å². The lowest BCUT2D eigenvalue weighted by Gasteiger charge is -2.35. The summed E-state index contributed by atoms with van der Waals surface area (Å²) in [4.78, 5) is 52.1. The van der Waals surface area contributed by atoms with E-state index in [0.717, 1.165) is 0 Å². The largest absolute Gasteiger partial charge is 0.480 e. The second kappa shape index (κ2) is 14.7. The van der Waals surface area contributed by atoms with E-state index >= 15 is 0 Å². The Morgan fingerprint density at radius 1 is 0.727 bits per heavy atom. The molecule has 1 aliphatic rings. The third kappa shape index (κ3) is 12.5. The lowest BCUT2D eigenvalue weighted by molar-refractivity contribution is -0.144. The number of aliphatic hydroxyl groups is 2. The topological polar surface area (TPSA) is 208 Å². The first-order valence-corrected chi connectivity index (χ1v) is 10.7. The molecule has 0 saturated carbocycles. The lowest BCUT2D eigenvalue weighted by Crippen LogP contribution is -2.52. The number of primary amides is 1. The van der Waals surface area contributed by atoms with Gasteiger partial charge in [0.15, 0.2) is 6.29 Å². The fraction of sp³-hybridized carbons (Fsp3) is 0.789. The van der Waals surface area contributed by atoms with Crippen molar-refractivity contribution in [1.82, 2.24) is 19.6 Å². The zero-order valence-electron chi connectivity index (χ0n) is 18.6. The highest BCUT2D eigenvalue weighted by Crippen LogP contribution is 2.10. The molecule has 1 aliphatic heterocycles. The first-order valence-electron chi connectivity index (χ1n) is 10.7. The van der Waals surface area contributed by atoms with Gasteiger partial charge < -0.3 is 31.3 Å². The number of hydrogen-bond acceptors (Lipinski definition) is 10. The van der Waals surface area contributed by atoms with E-state index in [1.807, 2.05) is 0 Å². The number of amides is 1. The summed E-state index contributed by atoms with van der Waals surface area (Å²) in [5.74, 6) is -3.88. The molecule has 33 heavy (non-hydrogen) atoms. The van der Waals surface area contributed by atoms with Crippen molar-refractivity contribution in [1.29, 1.82) is 0 Å². The molecule has 0 radical (unpaired) electrons. The van der Waals surface area contributed by atoms with E-state index in [1.54, 1.807) is 19.6 Å². The fourth-order valence-electron chi connectivity index (χ4n) is 3.72. The maximum atomic E-state index is 11.9. The van der Waals surface area contributed by atoms with Gasteiger partial charge in [0.25, 0.3) is 0 Å². The van der Waals surface area contributed by atoms with E-state index < -0.39 is 36.1 Å². The SMILES string of the molecule is NC(=O)CCC(C(=O)O)N1CCN(CC(=O)O)CCN(CC(=O)O)CCN(CC(O)O)CC1. The van der Waals surface area contributed by atoms with Crippen molar-refractivity contribution >= 4 is 23.8 Å². The number of carboxylic acid groups (broad SMARTS) is 3. The zero-order valence-corrected chi connectivity index (χ0v) is 18.6. The Morgan fingerprint density at radius 3 is 1.55 bits per heavy atom. The molecule has 0 aliphatic carbocycles. The molecule has 1 atom stereocenters. The molecular weight excluding hydrogens is 442 g/mol. The molecular formula is C19H35N5O9. The Hall–Kier alpha value is -2.36. The second-order valence-corrected chi connectivity index (χ2v) is 8.02. The van der Waals surface area contributed by atoms with Crippen LogP contribution in [0.2, 0.25) is 0 Å². The standard InChI is InChI=1S/C19H35N5O9/c20-15(25)2-1-14(19(32)33)24-9-7-22(12-17(28)29)5-3-21(11-16(26)27)4-6-23(8-10-24)13-18(30)31/h14,17,28-29H,1-13H2,(H2,20,25)(H,26,27)(H,30,31)(H,32,33). The van der Waals surface area contributed by atoms with Crippen LogP contribution in [0.15, 0.2) is 0 Å². The minimum atomic E-state index is -1.63. The predicted molar refractivity (Wildman–Crippen MR) is 114 cm³/mol. The normalized spacial score (nSPS) is 19.5. The number of hydrogen-bond donors (Lipinski definition) is 6. The maximum absolute atomic E-state index is 11.9. The van der Waals surface area contributed by atoms with E-state index in [2.05, 4.69) is 0 Å². The number of carbonyl (C=O) groups excluding carboxylic acids is 1. The molecule has 190 valence electrons. The van der Waals surface area contributed by atoms with Gasteiger partial charge in [0, 0.05) is 65.3 Å². The molecule has 0 aromatic heterocycles. The van der Waals surface area contributed by atoms with Crippen molar-refractivity contribution in [3.8, 4) is 0 Å². The molecule has 0 spiro atoms. The number of β-amino-alcohol motifs (C(OH)–C–C–N with tert-alkyl or cyclic N) is 2. The Bertz CT molecular complexity index is 664. The molecule has 1 amide bonds. The Balaban J connectivity index is 3.10. The van der Waals surface area contributed by atoms with Crippen molar-refractivity contribution in [3.63, 3.8) is 0 Å². The van der Waals surface area contributed by atoms with E-state index in [-0.39, 0.29) is 84.8 Å². The summed E-state index contributed by atoms with van der Waals surface area (Å²) in [6.07, 6.45) is -1.77. The summed E-state index contributed by atoms with van der Waals surface area (Å²) in [7, 11) is 0. The number of nitrogens with two attached hydrogens (primary N) is 1. The molecule has 1 saturated heterocycles. The minimum Gasteiger partial charge on any atom is -0.480 e. The molecule has 1 unspecified atom stereocenters. The second-order valence-electron chi connectivity index (χ2n) is 8.02. The molecule has 0 bridgehead atoms. The van der Waals surface area contributed by atoms with Crippen LogP contribution < -0.4 is 5.73 Å². The van der Waals surface area contributed by atoms with E-state index in [0.29, 0.717) is 0 Å². The van der Waals surface area contributed by atoms with Crippen molar-refractivity contribution in [2.75, 3.05) is 72.0 Å². The maximum Gasteiger partial charge on any atom is 0.320 e. The van der Waals surface area contributed by atoms with Gasteiger partial charge in [0.2, 0.25) is 5.91 Å². The summed E-state index contributed by atoms with van der Waals surface area (Å²) < 4.78 is 0. The molecule has 7 N–H and O–H groups in total. The highest BCUT2D eigenvalue weighted by Gasteiger charge is 2.28. The van der Waals surface area contributed by atoms with Gasteiger partial charge in [0.05, 0.1) is 13.1 Å². The summed E-state index contributed by atoms with van der Waals surface area (Å²) in [6.45, 7) is 1.24. The molecule has 0 aromatic rings. The molecule has 1 rings (SSSR count). The van der Waals surface area contributed by atoms with Gasteiger partial charge in [-0.3, -0.25) is 38.8 Å².